The molecule has 0 saturated carbocycles. The summed E-state index contributed by atoms with van der Waals surface area (Å²) in [5, 5.41) is 8.41. The van der Waals surface area contributed by atoms with E-state index in [1.807, 2.05) is 0 Å². The summed E-state index contributed by atoms with van der Waals surface area (Å²) in [4.78, 5) is 0. The van der Waals surface area contributed by atoms with Crippen LogP contribution in [0.2, 0.25) is 5.02 Å². The van der Waals surface area contributed by atoms with E-state index in [2.05, 4.69) is 4.72 Å². The highest BCUT2D eigenvalue weighted by Crippen LogP contribution is 2.20. The number of benzene rings is 1. The molecule has 0 amide bonds. The van der Waals surface area contributed by atoms with E-state index < -0.39 is 15.8 Å². The average molecular weight is 282 g/mol. The molecule has 0 saturated heterocycles. The zero-order valence-electron chi connectivity index (χ0n) is 8.99. The van der Waals surface area contributed by atoms with Gasteiger partial charge in [-0.1, -0.05) is 11.6 Å². The lowest BCUT2D eigenvalue weighted by atomic mass is 10.3. The van der Waals surface area contributed by atoms with Crippen molar-refractivity contribution in [2.75, 3.05) is 17.1 Å². The van der Waals surface area contributed by atoms with Crippen LogP contribution in [0, 0.1) is 5.82 Å². The lowest BCUT2D eigenvalue weighted by Gasteiger charge is -2.08. The number of unbranched alkanes of at least 4 members (excludes halogenated alkanes) is 1. The molecule has 0 fully saturated rings. The van der Waals surface area contributed by atoms with Gasteiger partial charge in [-0.05, 0) is 31.0 Å². The Balaban J connectivity index is 2.66. The number of sulfonamides is 1. The molecule has 1 aromatic rings. The molecule has 7 heteroatoms. The van der Waals surface area contributed by atoms with Gasteiger partial charge in [0.05, 0.1) is 16.5 Å². The van der Waals surface area contributed by atoms with Crippen LogP contribution in [-0.4, -0.2) is 25.9 Å². The Morgan fingerprint density at radius 3 is 2.65 bits per heavy atom. The topological polar surface area (TPSA) is 66.4 Å². The third-order valence-corrected chi connectivity index (χ3v) is 3.68. The summed E-state index contributed by atoms with van der Waals surface area (Å²) in [7, 11) is -3.48. The second-order valence-corrected chi connectivity index (χ2v) is 5.73. The largest absolute Gasteiger partial charge is 0.396 e. The van der Waals surface area contributed by atoms with Crippen LogP contribution in [0.5, 0.6) is 0 Å². The summed E-state index contributed by atoms with van der Waals surface area (Å²) in [6, 6.07) is 3.60. The minimum Gasteiger partial charge on any atom is -0.396 e. The zero-order valence-corrected chi connectivity index (χ0v) is 10.6. The molecule has 0 aromatic heterocycles. The van der Waals surface area contributed by atoms with Crippen molar-refractivity contribution in [3.05, 3.63) is 29.0 Å². The lowest BCUT2D eigenvalue weighted by molar-refractivity contribution is 0.287. The zero-order chi connectivity index (χ0) is 12.9. The first-order chi connectivity index (χ1) is 7.94. The minimum absolute atomic E-state index is 0.0438. The lowest BCUT2D eigenvalue weighted by Crippen LogP contribution is -2.17. The van der Waals surface area contributed by atoms with Gasteiger partial charge in [-0.15, -0.1) is 0 Å². The predicted molar refractivity (Wildman–Crippen MR) is 65.1 cm³/mol. The van der Waals surface area contributed by atoms with Crippen molar-refractivity contribution in [1.29, 1.82) is 0 Å². The molecule has 0 aliphatic carbocycles. The molecule has 0 heterocycles. The van der Waals surface area contributed by atoms with E-state index >= 15 is 0 Å². The van der Waals surface area contributed by atoms with E-state index in [0.717, 1.165) is 6.07 Å². The quantitative estimate of drug-likeness (QED) is 0.784. The van der Waals surface area contributed by atoms with Crippen LogP contribution in [0.25, 0.3) is 0 Å². The Morgan fingerprint density at radius 2 is 2.06 bits per heavy atom. The summed E-state index contributed by atoms with van der Waals surface area (Å²) in [5.41, 5.74) is 0.223. The molecule has 2 N–H and O–H groups in total. The first kappa shape index (κ1) is 14.2. The first-order valence-corrected chi connectivity index (χ1v) is 7.04. The number of halogens is 2. The Hall–Kier alpha value is -0.850. The number of nitrogens with one attached hydrogen (secondary N) is 1. The number of anilines is 1. The SMILES string of the molecule is O=S(=O)(CCCCO)Nc1ccc(F)c(Cl)c1. The van der Waals surface area contributed by atoms with E-state index in [-0.39, 0.29) is 23.1 Å². The Bertz CT molecular complexity index is 478. The fraction of sp³-hybridized carbons (Fsp3) is 0.400. The molecule has 1 aromatic carbocycles. The van der Waals surface area contributed by atoms with Crippen molar-refractivity contribution < 1.29 is 17.9 Å². The average Bonchev–Trinajstić information content (AvgIpc) is 2.23. The molecular formula is C10H13ClFNO3S. The molecular weight excluding hydrogens is 269 g/mol. The van der Waals surface area contributed by atoms with Crippen LogP contribution in [0.1, 0.15) is 12.8 Å². The molecule has 0 aliphatic rings. The van der Waals surface area contributed by atoms with Gasteiger partial charge in [-0.2, -0.15) is 0 Å². The highest BCUT2D eigenvalue weighted by molar-refractivity contribution is 7.92. The third kappa shape index (κ3) is 4.89. The second kappa shape index (κ2) is 6.18. The van der Waals surface area contributed by atoms with Crippen LogP contribution in [0.15, 0.2) is 18.2 Å². The Kier molecular flexibility index (Phi) is 5.17. The maximum atomic E-state index is 12.8. The maximum Gasteiger partial charge on any atom is 0.232 e. The van der Waals surface area contributed by atoms with Gasteiger partial charge in [-0.3, -0.25) is 4.72 Å². The summed E-state index contributed by atoms with van der Waals surface area (Å²) in [6.07, 6.45) is 0.784. The van der Waals surface area contributed by atoms with Gasteiger partial charge in [0.2, 0.25) is 10.0 Å². The van der Waals surface area contributed by atoms with Crippen LogP contribution < -0.4 is 4.72 Å². The van der Waals surface area contributed by atoms with Crippen LogP contribution in [0.3, 0.4) is 0 Å². The minimum atomic E-state index is -3.48. The fourth-order valence-corrected chi connectivity index (χ4v) is 2.55. The van der Waals surface area contributed by atoms with Crippen LogP contribution in [0.4, 0.5) is 10.1 Å². The highest BCUT2D eigenvalue weighted by atomic mass is 35.5. The molecule has 0 bridgehead atoms. The number of hydrogen-bond acceptors (Lipinski definition) is 3. The smallest absolute Gasteiger partial charge is 0.232 e. The van der Waals surface area contributed by atoms with Crippen molar-refractivity contribution in [2.45, 2.75) is 12.8 Å². The molecule has 96 valence electrons. The second-order valence-electron chi connectivity index (χ2n) is 3.48. The van der Waals surface area contributed by atoms with E-state index in [0.29, 0.717) is 12.8 Å². The molecule has 0 aliphatic heterocycles. The molecule has 1 rings (SSSR count). The Morgan fingerprint density at radius 1 is 1.35 bits per heavy atom. The van der Waals surface area contributed by atoms with Gasteiger partial charge in [0.25, 0.3) is 0 Å². The molecule has 0 spiro atoms. The molecule has 0 atom stereocenters. The predicted octanol–water partition coefficient (Wildman–Crippen LogP) is 1.99. The van der Waals surface area contributed by atoms with Gasteiger partial charge in [0.1, 0.15) is 5.82 Å². The summed E-state index contributed by atoms with van der Waals surface area (Å²) in [6.45, 7) is -0.0438. The van der Waals surface area contributed by atoms with Crippen LogP contribution >= 0.6 is 11.6 Å². The number of aliphatic hydroxyl groups excluding tert-OH is 1. The molecule has 0 unspecified atom stereocenters. The fourth-order valence-electron chi connectivity index (χ4n) is 1.19. The summed E-state index contributed by atoms with van der Waals surface area (Å²) in [5.74, 6) is -0.697. The van der Waals surface area contributed by atoms with Gasteiger partial charge >= 0.3 is 0 Å². The van der Waals surface area contributed by atoms with Gasteiger partial charge < -0.3 is 5.11 Å². The van der Waals surface area contributed by atoms with E-state index in [1.54, 1.807) is 0 Å². The van der Waals surface area contributed by atoms with Crippen molar-refractivity contribution in [1.82, 2.24) is 0 Å². The Labute approximate surface area is 104 Å². The maximum absolute atomic E-state index is 12.8. The molecule has 0 radical (unpaired) electrons. The third-order valence-electron chi connectivity index (χ3n) is 2.01. The number of hydrogen-bond donors (Lipinski definition) is 2. The number of aliphatic hydroxyl groups is 1. The van der Waals surface area contributed by atoms with Gasteiger partial charge in [0.15, 0.2) is 0 Å². The van der Waals surface area contributed by atoms with Gasteiger partial charge in [-0.25, -0.2) is 12.8 Å². The normalized spacial score (nSPS) is 11.5. The summed E-state index contributed by atoms with van der Waals surface area (Å²) < 4.78 is 38.2. The molecule has 4 nitrogen and oxygen atoms in total. The van der Waals surface area contributed by atoms with Crippen molar-refractivity contribution in [3.63, 3.8) is 0 Å². The number of rotatable bonds is 6. The van der Waals surface area contributed by atoms with E-state index in [1.165, 1.54) is 12.1 Å². The van der Waals surface area contributed by atoms with E-state index in [4.69, 9.17) is 16.7 Å². The van der Waals surface area contributed by atoms with Crippen molar-refractivity contribution in [2.24, 2.45) is 0 Å². The standard InChI is InChI=1S/C10H13ClFNO3S/c11-9-7-8(3-4-10(9)12)13-17(15,16)6-2-1-5-14/h3-4,7,13-14H,1-2,5-6H2. The van der Waals surface area contributed by atoms with Crippen molar-refractivity contribution >= 4 is 27.3 Å². The summed E-state index contributed by atoms with van der Waals surface area (Å²) >= 11 is 5.53. The first-order valence-electron chi connectivity index (χ1n) is 5.01. The van der Waals surface area contributed by atoms with Gasteiger partial charge in [0, 0.05) is 6.61 Å². The highest BCUT2D eigenvalue weighted by Gasteiger charge is 2.11. The monoisotopic (exact) mass is 281 g/mol. The molecule has 17 heavy (non-hydrogen) atoms. The van der Waals surface area contributed by atoms with Crippen molar-refractivity contribution in [3.8, 4) is 0 Å². The van der Waals surface area contributed by atoms with E-state index in [9.17, 15) is 12.8 Å². The van der Waals surface area contributed by atoms with Crippen LogP contribution in [-0.2, 0) is 10.0 Å².